The highest BCUT2D eigenvalue weighted by molar-refractivity contribution is 7.85. The Morgan fingerprint density at radius 3 is 2.88 bits per heavy atom. The first-order valence-corrected chi connectivity index (χ1v) is 6.92. The van der Waals surface area contributed by atoms with Crippen molar-refractivity contribution < 1.29 is 13.7 Å². The van der Waals surface area contributed by atoms with Crippen molar-refractivity contribution in [3.63, 3.8) is 0 Å². The SMILES string of the molecule is COC(=O)C(C)CS(=O)CCc1cnn(C)c1. The first kappa shape index (κ1) is 13.9. The second kappa shape index (κ2) is 6.54. The van der Waals surface area contributed by atoms with Crippen LogP contribution in [0.1, 0.15) is 12.5 Å². The average molecular weight is 258 g/mol. The summed E-state index contributed by atoms with van der Waals surface area (Å²) in [5.74, 6) is 0.286. The van der Waals surface area contributed by atoms with Crippen LogP contribution in [0, 0.1) is 5.92 Å². The lowest BCUT2D eigenvalue weighted by Gasteiger charge is -2.08. The Hall–Kier alpha value is -1.17. The maximum Gasteiger partial charge on any atom is 0.309 e. The minimum Gasteiger partial charge on any atom is -0.469 e. The monoisotopic (exact) mass is 258 g/mol. The van der Waals surface area contributed by atoms with Crippen LogP contribution in [0.15, 0.2) is 12.4 Å². The van der Waals surface area contributed by atoms with Gasteiger partial charge in [0, 0.05) is 35.5 Å². The number of methoxy groups -OCH3 is 1. The normalized spacial score (nSPS) is 14.3. The molecule has 0 amide bonds. The largest absolute Gasteiger partial charge is 0.469 e. The van der Waals surface area contributed by atoms with E-state index < -0.39 is 10.8 Å². The molecule has 0 aliphatic heterocycles. The summed E-state index contributed by atoms with van der Waals surface area (Å²) in [5.41, 5.74) is 1.06. The van der Waals surface area contributed by atoms with Gasteiger partial charge in [0.2, 0.25) is 0 Å². The molecule has 0 radical (unpaired) electrons. The van der Waals surface area contributed by atoms with E-state index >= 15 is 0 Å². The molecule has 96 valence electrons. The van der Waals surface area contributed by atoms with Crippen LogP contribution in [0.5, 0.6) is 0 Å². The van der Waals surface area contributed by atoms with Gasteiger partial charge in [0.05, 0.1) is 19.2 Å². The molecule has 0 aliphatic rings. The number of aromatic nitrogens is 2. The molecule has 0 N–H and O–H groups in total. The maximum absolute atomic E-state index is 11.7. The van der Waals surface area contributed by atoms with Crippen molar-refractivity contribution in [3.8, 4) is 0 Å². The fraction of sp³-hybridized carbons (Fsp3) is 0.636. The van der Waals surface area contributed by atoms with Crippen molar-refractivity contribution in [1.82, 2.24) is 9.78 Å². The van der Waals surface area contributed by atoms with E-state index in [-0.39, 0.29) is 11.9 Å². The second-order valence-electron chi connectivity index (χ2n) is 4.01. The molecule has 17 heavy (non-hydrogen) atoms. The highest BCUT2D eigenvalue weighted by Gasteiger charge is 2.16. The molecule has 2 atom stereocenters. The molecule has 1 aromatic rings. The molecule has 0 fully saturated rings. The number of carbonyl (C=O) groups is 1. The standard InChI is InChI=1S/C11H18N2O3S/c1-9(11(14)16-3)8-17(15)5-4-10-6-12-13(2)7-10/h6-7,9H,4-5,8H2,1-3H3. The van der Waals surface area contributed by atoms with E-state index in [1.807, 2.05) is 13.2 Å². The number of carbonyl (C=O) groups excluding carboxylic acids is 1. The zero-order chi connectivity index (χ0) is 12.8. The lowest BCUT2D eigenvalue weighted by molar-refractivity contribution is -0.144. The third-order valence-corrected chi connectivity index (χ3v) is 3.95. The summed E-state index contributed by atoms with van der Waals surface area (Å²) < 4.78 is 18.0. The highest BCUT2D eigenvalue weighted by atomic mass is 32.2. The first-order chi connectivity index (χ1) is 8.02. The molecule has 0 aliphatic carbocycles. The van der Waals surface area contributed by atoms with E-state index in [1.54, 1.807) is 17.8 Å². The van der Waals surface area contributed by atoms with Crippen LogP contribution >= 0.6 is 0 Å². The molecule has 5 nitrogen and oxygen atoms in total. The van der Waals surface area contributed by atoms with Gasteiger partial charge in [-0.1, -0.05) is 6.92 Å². The zero-order valence-electron chi connectivity index (χ0n) is 10.4. The molecule has 1 aromatic heterocycles. The van der Waals surface area contributed by atoms with Gasteiger partial charge in [-0.2, -0.15) is 5.10 Å². The molecule has 0 spiro atoms. The van der Waals surface area contributed by atoms with E-state index in [1.165, 1.54) is 7.11 Å². The summed E-state index contributed by atoms with van der Waals surface area (Å²) in [6, 6.07) is 0. The Kier molecular flexibility index (Phi) is 5.34. The molecule has 2 unspecified atom stereocenters. The van der Waals surface area contributed by atoms with E-state index in [4.69, 9.17) is 0 Å². The maximum atomic E-state index is 11.7. The third kappa shape index (κ3) is 4.68. The van der Waals surface area contributed by atoms with E-state index in [0.29, 0.717) is 17.9 Å². The summed E-state index contributed by atoms with van der Waals surface area (Å²) in [7, 11) is 2.19. The lowest BCUT2D eigenvalue weighted by atomic mass is 10.2. The van der Waals surface area contributed by atoms with Gasteiger partial charge in [0.15, 0.2) is 0 Å². The van der Waals surface area contributed by atoms with Crippen molar-refractivity contribution in [2.24, 2.45) is 13.0 Å². The summed E-state index contributed by atoms with van der Waals surface area (Å²) in [5, 5.41) is 4.04. The molecule has 6 heteroatoms. The number of nitrogens with zero attached hydrogens (tertiary/aromatic N) is 2. The molecule has 0 aromatic carbocycles. The van der Waals surface area contributed by atoms with Crippen molar-refractivity contribution in [1.29, 1.82) is 0 Å². The van der Waals surface area contributed by atoms with Crippen LogP contribution in [-0.4, -0.2) is 38.6 Å². The predicted octanol–water partition coefficient (Wildman–Crippen LogP) is 0.520. The van der Waals surface area contributed by atoms with Crippen molar-refractivity contribution >= 4 is 16.8 Å². The quantitative estimate of drug-likeness (QED) is 0.698. The Morgan fingerprint density at radius 1 is 1.65 bits per heavy atom. The van der Waals surface area contributed by atoms with Crippen LogP contribution in [0.3, 0.4) is 0 Å². The number of ether oxygens (including phenoxy) is 1. The smallest absolute Gasteiger partial charge is 0.309 e. The number of aryl methyl sites for hydroxylation is 2. The number of hydrogen-bond donors (Lipinski definition) is 0. The minimum atomic E-state index is -1.00. The number of hydrogen-bond acceptors (Lipinski definition) is 4. The Morgan fingerprint density at radius 2 is 2.35 bits per heavy atom. The number of rotatable bonds is 6. The topological polar surface area (TPSA) is 61.2 Å². The molecule has 0 bridgehead atoms. The van der Waals surface area contributed by atoms with Crippen molar-refractivity contribution in [3.05, 3.63) is 18.0 Å². The molecular weight excluding hydrogens is 240 g/mol. The van der Waals surface area contributed by atoms with Crippen molar-refractivity contribution in [2.45, 2.75) is 13.3 Å². The molecular formula is C11H18N2O3S. The van der Waals surface area contributed by atoms with Gasteiger partial charge in [-0.25, -0.2) is 0 Å². The van der Waals surface area contributed by atoms with Gasteiger partial charge in [-0.3, -0.25) is 13.7 Å². The predicted molar refractivity (Wildman–Crippen MR) is 66.0 cm³/mol. The fourth-order valence-corrected chi connectivity index (χ4v) is 2.79. The molecule has 0 saturated carbocycles. The van der Waals surface area contributed by atoms with Crippen LogP contribution in [-0.2, 0) is 33.8 Å². The van der Waals surface area contributed by atoms with Gasteiger partial charge in [0.25, 0.3) is 0 Å². The minimum absolute atomic E-state index is 0.306. The van der Waals surface area contributed by atoms with Crippen molar-refractivity contribution in [2.75, 3.05) is 18.6 Å². The Labute approximate surface area is 104 Å². The van der Waals surface area contributed by atoms with E-state index in [2.05, 4.69) is 9.84 Å². The van der Waals surface area contributed by atoms with E-state index in [9.17, 15) is 9.00 Å². The number of esters is 1. The summed E-state index contributed by atoms with van der Waals surface area (Å²) in [4.78, 5) is 11.2. The van der Waals surface area contributed by atoms with Gasteiger partial charge in [-0.15, -0.1) is 0 Å². The van der Waals surface area contributed by atoms with Gasteiger partial charge in [-0.05, 0) is 12.0 Å². The van der Waals surface area contributed by atoms with E-state index in [0.717, 1.165) is 5.56 Å². The van der Waals surface area contributed by atoms with Gasteiger partial charge in [0.1, 0.15) is 0 Å². The second-order valence-corrected chi connectivity index (χ2v) is 5.63. The van der Waals surface area contributed by atoms with Gasteiger partial charge < -0.3 is 4.74 Å². The highest BCUT2D eigenvalue weighted by Crippen LogP contribution is 2.04. The first-order valence-electron chi connectivity index (χ1n) is 5.43. The van der Waals surface area contributed by atoms with Crippen LogP contribution in [0.2, 0.25) is 0 Å². The van der Waals surface area contributed by atoms with Crippen LogP contribution in [0.25, 0.3) is 0 Å². The van der Waals surface area contributed by atoms with Crippen LogP contribution < -0.4 is 0 Å². The average Bonchev–Trinajstić information content (AvgIpc) is 2.71. The Balaban J connectivity index is 2.33. The third-order valence-electron chi connectivity index (χ3n) is 2.42. The molecule has 0 saturated heterocycles. The van der Waals surface area contributed by atoms with Gasteiger partial charge >= 0.3 is 5.97 Å². The summed E-state index contributed by atoms with van der Waals surface area (Å²) in [6.45, 7) is 1.73. The summed E-state index contributed by atoms with van der Waals surface area (Å²) >= 11 is 0. The zero-order valence-corrected chi connectivity index (χ0v) is 11.2. The molecule has 1 rings (SSSR count). The fourth-order valence-electron chi connectivity index (χ4n) is 1.46. The lowest BCUT2D eigenvalue weighted by Crippen LogP contribution is -2.21. The Bertz CT molecular complexity index is 403. The summed E-state index contributed by atoms with van der Waals surface area (Å²) in [6.07, 6.45) is 4.39. The molecule has 1 heterocycles. The van der Waals surface area contributed by atoms with Crippen LogP contribution in [0.4, 0.5) is 0 Å².